The van der Waals surface area contributed by atoms with Crippen LogP contribution >= 0.6 is 11.6 Å². The number of fused-ring (bicyclic) bond motifs is 1. The average molecular weight is 408 g/mol. The first-order chi connectivity index (χ1) is 12.6. The Kier molecular flexibility index (Phi) is 5.85. The third-order valence-corrected chi connectivity index (χ3v) is 7.08. The number of hydrogen-bond acceptors (Lipinski definition) is 3. The lowest BCUT2D eigenvalue weighted by atomic mass is 9.62. The zero-order valence-corrected chi connectivity index (χ0v) is 18.8. The summed E-state index contributed by atoms with van der Waals surface area (Å²) in [5, 5.41) is 3.62. The van der Waals surface area contributed by atoms with E-state index in [2.05, 4.69) is 39.2 Å². The van der Waals surface area contributed by atoms with Crippen molar-refractivity contribution < 1.29 is 14.0 Å². The highest BCUT2D eigenvalue weighted by Gasteiger charge is 2.53. The second-order valence-corrected chi connectivity index (χ2v) is 12.1. The molecule has 0 spiro atoms. The number of carbonyl (C=O) groups excluding carboxylic acids is 2. The molecule has 4 nitrogen and oxygen atoms in total. The molecule has 3 rings (SSSR count). The number of nitrogens with one attached hydrogen (secondary N) is 1. The fraction of sp³-hybridized carbons (Fsp3) is 0.619. The predicted molar refractivity (Wildman–Crippen MR) is 111 cm³/mol. The van der Waals surface area contributed by atoms with Gasteiger partial charge < -0.3 is 9.74 Å². The molecule has 0 radical (unpaired) electrons. The average Bonchev–Trinajstić information content (AvgIpc) is 2.56. The summed E-state index contributed by atoms with van der Waals surface area (Å²) in [5.74, 6) is -0.0915. The number of halogens is 1. The van der Waals surface area contributed by atoms with E-state index in [0.29, 0.717) is 11.6 Å². The summed E-state index contributed by atoms with van der Waals surface area (Å²) < 4.78 is 6.03. The van der Waals surface area contributed by atoms with Gasteiger partial charge in [0.2, 0.25) is 5.91 Å². The summed E-state index contributed by atoms with van der Waals surface area (Å²) in [7, 11) is -1.18. The maximum Gasteiger partial charge on any atom is 0.225 e. The van der Waals surface area contributed by atoms with Crippen LogP contribution in [0.3, 0.4) is 0 Å². The highest BCUT2D eigenvalue weighted by molar-refractivity contribution is 6.48. The van der Waals surface area contributed by atoms with Crippen molar-refractivity contribution in [2.24, 2.45) is 23.2 Å². The number of carbonyl (C=O) groups is 2. The Bertz CT molecular complexity index is 743. The van der Waals surface area contributed by atoms with Crippen LogP contribution < -0.4 is 5.32 Å². The summed E-state index contributed by atoms with van der Waals surface area (Å²) in [4.78, 5) is 25.7. The van der Waals surface area contributed by atoms with E-state index < -0.39 is 9.04 Å². The molecule has 1 heterocycles. The summed E-state index contributed by atoms with van der Waals surface area (Å²) in [6, 6.07) is 5.45. The van der Waals surface area contributed by atoms with Gasteiger partial charge in [-0.15, -0.1) is 0 Å². The molecule has 0 aromatic heterocycles. The molecule has 6 heteroatoms. The van der Waals surface area contributed by atoms with E-state index in [1.165, 1.54) is 0 Å². The van der Waals surface area contributed by atoms with Crippen molar-refractivity contribution in [2.45, 2.75) is 52.7 Å². The van der Waals surface area contributed by atoms with Crippen molar-refractivity contribution >= 4 is 32.3 Å². The molecule has 0 bridgehead atoms. The number of Topliss-reactive ketones (excluding diaryl/α,β-unsaturated/α-hetero) is 1. The van der Waals surface area contributed by atoms with Crippen molar-refractivity contribution in [1.29, 1.82) is 0 Å². The van der Waals surface area contributed by atoms with Crippen LogP contribution in [0.5, 0.6) is 0 Å². The van der Waals surface area contributed by atoms with E-state index in [1.807, 2.05) is 12.1 Å². The second kappa shape index (κ2) is 7.68. The quantitative estimate of drug-likeness (QED) is 0.595. The molecular weight excluding hydrogens is 378 g/mol. The van der Waals surface area contributed by atoms with Gasteiger partial charge >= 0.3 is 0 Å². The minimum Gasteiger partial charge on any atom is -0.420 e. The molecule has 1 amide bonds. The first-order valence-corrected chi connectivity index (χ1v) is 13.0. The topological polar surface area (TPSA) is 55.4 Å². The smallest absolute Gasteiger partial charge is 0.225 e. The third-order valence-electron chi connectivity index (χ3n) is 5.99. The van der Waals surface area contributed by atoms with Crippen LogP contribution in [0, 0.1) is 23.2 Å². The Balaban J connectivity index is 1.84. The minimum absolute atomic E-state index is 0.0543. The van der Waals surface area contributed by atoms with Gasteiger partial charge in [-0.3, -0.25) is 9.59 Å². The molecule has 1 N–H and O–H groups in total. The second-order valence-electron chi connectivity index (χ2n) is 9.23. The number of benzene rings is 1. The lowest BCUT2D eigenvalue weighted by Crippen LogP contribution is -2.67. The summed E-state index contributed by atoms with van der Waals surface area (Å²) in [6.45, 7) is 11.3. The molecule has 148 valence electrons. The molecule has 27 heavy (non-hydrogen) atoms. The Morgan fingerprint density at radius 1 is 1.30 bits per heavy atom. The Hall–Kier alpha value is -1.17. The third kappa shape index (κ3) is 4.15. The predicted octanol–water partition coefficient (Wildman–Crippen LogP) is 3.86. The number of aryl methyl sites for hydroxylation is 1. The molecule has 2 aliphatic rings. The molecule has 1 aromatic rings. The van der Waals surface area contributed by atoms with Gasteiger partial charge in [-0.2, -0.15) is 0 Å². The zero-order chi connectivity index (χ0) is 19.9. The number of hydrogen-bond donors (Lipinski definition) is 1. The Labute approximate surface area is 168 Å². The van der Waals surface area contributed by atoms with E-state index in [0.717, 1.165) is 24.0 Å². The highest BCUT2D eigenvalue weighted by Crippen LogP contribution is 2.43. The summed E-state index contributed by atoms with van der Waals surface area (Å²) >= 11 is 6.12. The van der Waals surface area contributed by atoms with Gasteiger partial charge in [0.15, 0.2) is 14.8 Å². The summed E-state index contributed by atoms with van der Waals surface area (Å²) in [5.41, 5.74) is 1.71. The van der Waals surface area contributed by atoms with Crippen molar-refractivity contribution in [3.05, 3.63) is 34.3 Å². The largest absolute Gasteiger partial charge is 0.420 e. The van der Waals surface area contributed by atoms with E-state index >= 15 is 0 Å². The van der Waals surface area contributed by atoms with Gasteiger partial charge in [0.05, 0.1) is 12.0 Å². The van der Waals surface area contributed by atoms with Crippen LogP contribution in [0.1, 0.15) is 43.1 Å². The monoisotopic (exact) mass is 407 g/mol. The molecule has 1 saturated heterocycles. The van der Waals surface area contributed by atoms with Crippen molar-refractivity contribution in [2.75, 3.05) is 6.61 Å². The SMILES string of the molecule is C[SiH](C)OC[C@H]([C@@H]1C(=O)N[C@@H]1[C@H]1CCc2ccc(Cl)cc2C1=O)C(C)(C)C. The van der Waals surface area contributed by atoms with Gasteiger partial charge in [-0.1, -0.05) is 38.4 Å². The van der Waals surface area contributed by atoms with Crippen LogP contribution in [0.2, 0.25) is 18.1 Å². The Morgan fingerprint density at radius 3 is 2.59 bits per heavy atom. The minimum atomic E-state index is -1.18. The lowest BCUT2D eigenvalue weighted by molar-refractivity contribution is -0.143. The molecule has 0 unspecified atom stereocenters. The van der Waals surface area contributed by atoms with E-state index in [9.17, 15) is 9.59 Å². The fourth-order valence-electron chi connectivity index (χ4n) is 4.37. The standard InChI is InChI=1S/C21H30ClNO3Si/c1-21(2,3)16(11-26-27(4)5)17-18(23-20(17)25)14-9-7-12-6-8-13(22)10-15(12)19(14)24/h6,8,10,14,16-18,27H,7,9,11H2,1-5H3,(H,23,25)/t14-,16-,17+,18-/m1/s1. The van der Waals surface area contributed by atoms with Gasteiger partial charge in [0.1, 0.15) is 0 Å². The van der Waals surface area contributed by atoms with Crippen LogP contribution in [-0.4, -0.2) is 33.4 Å². The fourth-order valence-corrected chi connectivity index (χ4v) is 5.13. The van der Waals surface area contributed by atoms with Crippen LogP contribution in [0.25, 0.3) is 0 Å². The van der Waals surface area contributed by atoms with Crippen LogP contribution in [0.15, 0.2) is 18.2 Å². The van der Waals surface area contributed by atoms with Gasteiger partial charge in [-0.25, -0.2) is 0 Å². The molecule has 1 aromatic carbocycles. The number of ketones is 1. The number of rotatable bonds is 5. The molecule has 0 saturated carbocycles. The first-order valence-electron chi connectivity index (χ1n) is 9.84. The van der Waals surface area contributed by atoms with Gasteiger partial charge in [0.25, 0.3) is 0 Å². The van der Waals surface area contributed by atoms with Crippen molar-refractivity contribution in [3.63, 3.8) is 0 Å². The van der Waals surface area contributed by atoms with Crippen molar-refractivity contribution in [1.82, 2.24) is 5.32 Å². The Morgan fingerprint density at radius 2 is 2.00 bits per heavy atom. The van der Waals surface area contributed by atoms with E-state index in [1.54, 1.807) is 6.07 Å². The highest BCUT2D eigenvalue weighted by atomic mass is 35.5. The number of amides is 1. The maximum absolute atomic E-state index is 13.2. The number of β-lactam (4-membered cyclic amide) rings is 1. The zero-order valence-electron chi connectivity index (χ0n) is 16.8. The maximum atomic E-state index is 13.2. The lowest BCUT2D eigenvalue weighted by Gasteiger charge is -2.49. The van der Waals surface area contributed by atoms with Crippen LogP contribution in [0.4, 0.5) is 0 Å². The van der Waals surface area contributed by atoms with E-state index in [-0.39, 0.29) is 40.9 Å². The molecule has 1 aliphatic heterocycles. The normalized spacial score (nSPS) is 26.4. The van der Waals surface area contributed by atoms with Crippen molar-refractivity contribution in [3.8, 4) is 0 Å². The van der Waals surface area contributed by atoms with Gasteiger partial charge in [-0.05, 0) is 55.0 Å². The van der Waals surface area contributed by atoms with E-state index in [4.69, 9.17) is 16.0 Å². The first kappa shape index (κ1) is 20.6. The molecule has 1 fully saturated rings. The molecular formula is C21H30ClNO3Si. The molecule has 4 atom stereocenters. The van der Waals surface area contributed by atoms with Gasteiger partial charge in [0, 0.05) is 23.1 Å². The molecule has 1 aliphatic carbocycles. The summed E-state index contributed by atoms with van der Waals surface area (Å²) in [6.07, 6.45) is 1.61. The van der Waals surface area contributed by atoms with Crippen LogP contribution in [-0.2, 0) is 15.6 Å².